The van der Waals surface area contributed by atoms with Gasteiger partial charge in [-0.2, -0.15) is 0 Å². The highest BCUT2D eigenvalue weighted by Gasteiger charge is 2.44. The number of piperidine rings is 1. The van der Waals surface area contributed by atoms with Gasteiger partial charge in [-0.15, -0.1) is 5.10 Å². The smallest absolute Gasteiger partial charge is 0.317 e. The second-order valence-electron chi connectivity index (χ2n) is 7.95. The lowest BCUT2D eigenvalue weighted by atomic mass is 9.75. The van der Waals surface area contributed by atoms with Gasteiger partial charge in [-0.3, -0.25) is 4.68 Å². The van der Waals surface area contributed by atoms with Crippen LogP contribution in [0.4, 0.5) is 4.79 Å². The zero-order valence-corrected chi connectivity index (χ0v) is 14.9. The molecule has 0 aromatic carbocycles. The predicted octanol–water partition coefficient (Wildman–Crippen LogP) is 2.05. The number of aromatic nitrogens is 3. The third kappa shape index (κ3) is 3.66. The molecule has 0 bridgehead atoms. The molecular weight excluding hydrogens is 318 g/mol. The molecular formula is C18H29N5O2. The SMILES string of the molecule is O=C(N[C@@H]1CCCC12CCOCC2)N1CCC[C@H](Cn2ccnn2)C1. The molecule has 1 spiro atoms. The highest BCUT2D eigenvalue weighted by Crippen LogP contribution is 2.46. The summed E-state index contributed by atoms with van der Waals surface area (Å²) in [5.74, 6) is 0.460. The lowest BCUT2D eigenvalue weighted by Gasteiger charge is -2.40. The van der Waals surface area contributed by atoms with Gasteiger partial charge in [0.15, 0.2) is 0 Å². The molecule has 1 saturated carbocycles. The van der Waals surface area contributed by atoms with Gasteiger partial charge in [0.05, 0.1) is 6.20 Å². The average molecular weight is 347 g/mol. The summed E-state index contributed by atoms with van der Waals surface area (Å²) in [6.07, 6.45) is 11.6. The van der Waals surface area contributed by atoms with E-state index in [1.807, 2.05) is 15.8 Å². The summed E-state index contributed by atoms with van der Waals surface area (Å²) in [5.41, 5.74) is 0.282. The maximum absolute atomic E-state index is 12.9. The van der Waals surface area contributed by atoms with E-state index in [4.69, 9.17) is 4.74 Å². The van der Waals surface area contributed by atoms with Crippen molar-refractivity contribution >= 4 is 6.03 Å². The number of hydrogen-bond donors (Lipinski definition) is 1. The molecule has 2 amide bonds. The van der Waals surface area contributed by atoms with E-state index < -0.39 is 0 Å². The van der Waals surface area contributed by atoms with E-state index in [0.717, 1.165) is 65.0 Å². The van der Waals surface area contributed by atoms with Crippen LogP contribution in [0, 0.1) is 11.3 Å². The van der Waals surface area contributed by atoms with E-state index in [1.165, 1.54) is 12.8 Å². The molecule has 3 fully saturated rings. The Kier molecular flexibility index (Phi) is 4.92. The Labute approximate surface area is 149 Å². The van der Waals surface area contributed by atoms with Gasteiger partial charge in [0.25, 0.3) is 0 Å². The van der Waals surface area contributed by atoms with Gasteiger partial charge in [0, 0.05) is 45.1 Å². The van der Waals surface area contributed by atoms with Crippen molar-refractivity contribution in [2.75, 3.05) is 26.3 Å². The second kappa shape index (κ2) is 7.32. The van der Waals surface area contributed by atoms with Gasteiger partial charge < -0.3 is 15.0 Å². The van der Waals surface area contributed by atoms with Crippen molar-refractivity contribution in [1.82, 2.24) is 25.2 Å². The molecule has 1 N–H and O–H groups in total. The first-order valence-corrected chi connectivity index (χ1v) is 9.72. The van der Waals surface area contributed by atoms with Gasteiger partial charge in [0.2, 0.25) is 0 Å². The van der Waals surface area contributed by atoms with E-state index in [9.17, 15) is 4.79 Å². The van der Waals surface area contributed by atoms with E-state index in [1.54, 1.807) is 6.20 Å². The topological polar surface area (TPSA) is 72.3 Å². The molecule has 1 aromatic heterocycles. The quantitative estimate of drug-likeness (QED) is 0.908. The molecule has 2 atom stereocenters. The third-order valence-corrected chi connectivity index (χ3v) is 6.42. The molecule has 0 radical (unpaired) electrons. The number of nitrogens with zero attached hydrogens (tertiary/aromatic N) is 4. The summed E-state index contributed by atoms with van der Waals surface area (Å²) in [6, 6.07) is 0.445. The first-order valence-electron chi connectivity index (χ1n) is 9.72. The Morgan fingerprint density at radius 2 is 2.12 bits per heavy atom. The average Bonchev–Trinajstić information content (AvgIpc) is 3.27. The van der Waals surface area contributed by atoms with Crippen LogP contribution in [0.5, 0.6) is 0 Å². The van der Waals surface area contributed by atoms with Crippen LogP contribution < -0.4 is 5.32 Å². The van der Waals surface area contributed by atoms with Gasteiger partial charge >= 0.3 is 6.03 Å². The fraction of sp³-hybridized carbons (Fsp3) is 0.833. The summed E-state index contributed by atoms with van der Waals surface area (Å²) < 4.78 is 7.43. The summed E-state index contributed by atoms with van der Waals surface area (Å²) >= 11 is 0. The fourth-order valence-electron chi connectivity index (χ4n) is 4.97. The largest absolute Gasteiger partial charge is 0.381 e. The summed E-state index contributed by atoms with van der Waals surface area (Å²) in [5, 5.41) is 11.3. The number of likely N-dealkylation sites (tertiary alicyclic amines) is 1. The maximum atomic E-state index is 12.9. The first-order chi connectivity index (χ1) is 12.3. The lowest BCUT2D eigenvalue weighted by molar-refractivity contribution is 0.00512. The van der Waals surface area contributed by atoms with Crippen LogP contribution >= 0.6 is 0 Å². The van der Waals surface area contributed by atoms with Crippen molar-refractivity contribution in [3.05, 3.63) is 12.4 Å². The van der Waals surface area contributed by atoms with E-state index in [0.29, 0.717) is 12.0 Å². The predicted molar refractivity (Wildman–Crippen MR) is 93.0 cm³/mol. The molecule has 3 heterocycles. The zero-order chi connectivity index (χ0) is 17.1. The van der Waals surface area contributed by atoms with Crippen molar-refractivity contribution in [1.29, 1.82) is 0 Å². The monoisotopic (exact) mass is 347 g/mol. The highest BCUT2D eigenvalue weighted by molar-refractivity contribution is 5.74. The number of carbonyl (C=O) groups is 1. The Bertz CT molecular complexity index is 570. The van der Waals surface area contributed by atoms with E-state index in [2.05, 4.69) is 15.6 Å². The van der Waals surface area contributed by atoms with Crippen LogP contribution in [-0.2, 0) is 11.3 Å². The molecule has 138 valence electrons. The van der Waals surface area contributed by atoms with Crippen LogP contribution in [0.3, 0.4) is 0 Å². The number of carbonyl (C=O) groups excluding carboxylic acids is 1. The second-order valence-corrected chi connectivity index (χ2v) is 7.95. The Balaban J connectivity index is 1.34. The molecule has 1 aliphatic carbocycles. The van der Waals surface area contributed by atoms with E-state index in [-0.39, 0.29) is 11.4 Å². The van der Waals surface area contributed by atoms with Gasteiger partial charge in [0.1, 0.15) is 0 Å². The van der Waals surface area contributed by atoms with Crippen molar-refractivity contribution in [3.8, 4) is 0 Å². The van der Waals surface area contributed by atoms with Crippen molar-refractivity contribution in [3.63, 3.8) is 0 Å². The minimum Gasteiger partial charge on any atom is -0.381 e. The Morgan fingerprint density at radius 3 is 2.92 bits per heavy atom. The van der Waals surface area contributed by atoms with Crippen LogP contribution in [-0.4, -0.2) is 58.3 Å². The number of nitrogens with one attached hydrogen (secondary N) is 1. The van der Waals surface area contributed by atoms with Crippen LogP contribution in [0.1, 0.15) is 44.9 Å². The van der Waals surface area contributed by atoms with E-state index >= 15 is 0 Å². The summed E-state index contributed by atoms with van der Waals surface area (Å²) in [4.78, 5) is 14.9. The van der Waals surface area contributed by atoms with Gasteiger partial charge in [-0.05, 0) is 49.9 Å². The fourth-order valence-corrected chi connectivity index (χ4v) is 4.97. The molecule has 0 unspecified atom stereocenters. The minimum atomic E-state index is 0.126. The Hall–Kier alpha value is -1.63. The third-order valence-electron chi connectivity index (χ3n) is 6.42. The number of rotatable bonds is 3. The standard InChI is InChI=1S/C18H29N5O2/c24-17(20-16-4-1-5-18(16)6-11-25-12-7-18)22-9-2-3-15(13-22)14-23-10-8-19-21-23/h8,10,15-16H,1-7,9,11-14H2,(H,20,24)/t15-,16+/m0/s1. The molecule has 7 nitrogen and oxygen atoms in total. The number of ether oxygens (including phenoxy) is 1. The summed E-state index contributed by atoms with van der Waals surface area (Å²) in [6.45, 7) is 4.21. The molecule has 2 saturated heterocycles. The van der Waals surface area contributed by atoms with Gasteiger partial charge in [-0.1, -0.05) is 11.6 Å². The molecule has 7 heteroatoms. The normalized spacial score (nSPS) is 29.0. The molecule has 4 rings (SSSR count). The molecule has 3 aliphatic rings. The Morgan fingerprint density at radius 1 is 1.24 bits per heavy atom. The lowest BCUT2D eigenvalue weighted by Crippen LogP contribution is -2.53. The first kappa shape index (κ1) is 16.8. The van der Waals surface area contributed by atoms with Crippen LogP contribution in [0.25, 0.3) is 0 Å². The number of urea groups is 1. The van der Waals surface area contributed by atoms with Crippen LogP contribution in [0.15, 0.2) is 12.4 Å². The summed E-state index contributed by atoms with van der Waals surface area (Å²) in [7, 11) is 0. The maximum Gasteiger partial charge on any atom is 0.317 e. The van der Waals surface area contributed by atoms with Gasteiger partial charge in [-0.25, -0.2) is 4.79 Å². The molecule has 25 heavy (non-hydrogen) atoms. The molecule has 2 aliphatic heterocycles. The van der Waals surface area contributed by atoms with Crippen molar-refractivity contribution < 1.29 is 9.53 Å². The van der Waals surface area contributed by atoms with Crippen LogP contribution in [0.2, 0.25) is 0 Å². The highest BCUT2D eigenvalue weighted by atomic mass is 16.5. The zero-order valence-electron chi connectivity index (χ0n) is 14.9. The van der Waals surface area contributed by atoms with Crippen molar-refractivity contribution in [2.24, 2.45) is 11.3 Å². The number of amides is 2. The number of hydrogen-bond acceptors (Lipinski definition) is 4. The molecule has 1 aromatic rings. The van der Waals surface area contributed by atoms with Crippen molar-refractivity contribution in [2.45, 2.75) is 57.5 Å². The minimum absolute atomic E-state index is 0.126.